The van der Waals surface area contributed by atoms with E-state index < -0.39 is 0 Å². The van der Waals surface area contributed by atoms with E-state index in [4.69, 9.17) is 23.2 Å². The average molecular weight is 469 g/mol. The van der Waals surface area contributed by atoms with Crippen LogP contribution in [0, 0.1) is 0 Å². The van der Waals surface area contributed by atoms with Crippen molar-refractivity contribution in [2.24, 2.45) is 10.2 Å². The van der Waals surface area contributed by atoms with Crippen LogP contribution in [0.25, 0.3) is 10.8 Å². The lowest BCUT2D eigenvalue weighted by Crippen LogP contribution is -2.34. The van der Waals surface area contributed by atoms with E-state index in [0.29, 0.717) is 21.5 Å². The fourth-order valence-electron chi connectivity index (χ4n) is 3.03. The molecule has 0 radical (unpaired) electrons. The molecule has 0 saturated carbocycles. The highest BCUT2D eigenvalue weighted by atomic mass is 35.5. The molecule has 4 aromatic rings. The molecule has 0 spiro atoms. The minimum Gasteiger partial charge on any atom is -0.506 e. The van der Waals surface area contributed by atoms with Crippen LogP contribution in [-0.4, -0.2) is 41.2 Å². The summed E-state index contributed by atoms with van der Waals surface area (Å²) in [4.78, 5) is 11.6. The van der Waals surface area contributed by atoms with Crippen molar-refractivity contribution in [1.29, 1.82) is 0 Å². The van der Waals surface area contributed by atoms with E-state index >= 15 is 0 Å². The van der Waals surface area contributed by atoms with E-state index in [1.54, 1.807) is 30.3 Å². The van der Waals surface area contributed by atoms with Gasteiger partial charge in [-0.25, -0.2) is 0 Å². The number of benzene rings is 3. The van der Waals surface area contributed by atoms with Gasteiger partial charge in [-0.05, 0) is 71.1 Å². The zero-order valence-corrected chi connectivity index (χ0v) is 19.1. The second-order valence-electron chi connectivity index (χ2n) is 7.92. The van der Waals surface area contributed by atoms with E-state index in [0.717, 1.165) is 16.5 Å². The van der Waals surface area contributed by atoms with Gasteiger partial charge in [0, 0.05) is 17.1 Å². The Bertz CT molecular complexity index is 1300. The van der Waals surface area contributed by atoms with Crippen LogP contribution in [0.5, 0.6) is 5.75 Å². The fourth-order valence-corrected chi connectivity index (χ4v) is 3.40. The van der Waals surface area contributed by atoms with Crippen LogP contribution in [0.3, 0.4) is 0 Å². The third kappa shape index (κ3) is 4.94. The van der Waals surface area contributed by atoms with E-state index in [2.05, 4.69) is 57.7 Å². The first-order valence-corrected chi connectivity index (χ1v) is 10.4. The molecule has 32 heavy (non-hydrogen) atoms. The van der Waals surface area contributed by atoms with Crippen molar-refractivity contribution in [2.75, 3.05) is 26.5 Å². The van der Waals surface area contributed by atoms with Gasteiger partial charge < -0.3 is 10.4 Å². The number of phenols is 1. The molecule has 0 aliphatic carbocycles. The van der Waals surface area contributed by atoms with Gasteiger partial charge in [0.05, 0.1) is 26.8 Å². The number of phenolic OH excluding ortho intramolecular Hbond substituents is 1. The minimum atomic E-state index is 0.00114. The Hall–Kier alpha value is -3.33. The second kappa shape index (κ2) is 8.66. The maximum atomic E-state index is 10.4. The number of fused-ring (bicyclic) bond motifs is 1. The van der Waals surface area contributed by atoms with Crippen LogP contribution >= 0.6 is 23.2 Å². The SMILES string of the molecule is C[N+](C)(C)c1ccc2ccc(O)c(N=Nc3ccc(Nc4nc(Cl)nc(Cl)n4)cc3)c2c1. The molecule has 1 aromatic heterocycles. The summed E-state index contributed by atoms with van der Waals surface area (Å²) in [5.74, 6) is 0.305. The monoisotopic (exact) mass is 468 g/mol. The van der Waals surface area contributed by atoms with Crippen LogP contribution in [0.2, 0.25) is 10.6 Å². The Balaban J connectivity index is 1.61. The normalized spacial score (nSPS) is 11.9. The molecule has 2 N–H and O–H groups in total. The number of hydrogen-bond acceptors (Lipinski definition) is 7. The van der Waals surface area contributed by atoms with Gasteiger partial charge in [0.2, 0.25) is 16.5 Å². The molecule has 0 atom stereocenters. The number of aromatic hydroxyl groups is 1. The summed E-state index contributed by atoms with van der Waals surface area (Å²) in [6.45, 7) is 0. The molecule has 8 nitrogen and oxygen atoms in total. The second-order valence-corrected chi connectivity index (χ2v) is 8.60. The zero-order chi connectivity index (χ0) is 22.9. The van der Waals surface area contributed by atoms with E-state index in [-0.39, 0.29) is 22.3 Å². The number of hydrogen-bond donors (Lipinski definition) is 2. The molecular formula is C22H20Cl2N7O+. The lowest BCUT2D eigenvalue weighted by atomic mass is 10.1. The van der Waals surface area contributed by atoms with Crippen molar-refractivity contribution in [3.8, 4) is 5.75 Å². The molecular weight excluding hydrogens is 449 g/mol. The summed E-state index contributed by atoms with van der Waals surface area (Å²) in [7, 11) is 6.25. The fraction of sp³-hybridized carbons (Fsp3) is 0.136. The predicted molar refractivity (Wildman–Crippen MR) is 129 cm³/mol. The largest absolute Gasteiger partial charge is 0.506 e. The number of halogens is 2. The molecule has 0 bridgehead atoms. The van der Waals surface area contributed by atoms with Crippen LogP contribution < -0.4 is 9.80 Å². The molecule has 3 aromatic carbocycles. The Labute approximate surface area is 194 Å². The minimum absolute atomic E-state index is 0.00114. The quantitative estimate of drug-likeness (QED) is 0.261. The standard InChI is InChI=1S/C22H19Cl2N7O/c1-31(2,3)16-10-4-13-5-11-18(32)19(17(13)12-16)30-29-15-8-6-14(7-9-15)25-22-27-20(23)26-21(24)28-22/h4-12H,1-3H3,(H-,25,26,27,28,29,30,32)/p+1. The number of anilines is 2. The van der Waals surface area contributed by atoms with Gasteiger partial charge in [-0.15, -0.1) is 5.11 Å². The molecule has 162 valence electrons. The maximum absolute atomic E-state index is 10.4. The van der Waals surface area contributed by atoms with Crippen molar-refractivity contribution >= 4 is 62.7 Å². The predicted octanol–water partition coefficient (Wildman–Crippen LogP) is 6.39. The first-order chi connectivity index (χ1) is 15.2. The van der Waals surface area contributed by atoms with Gasteiger partial charge in [0.1, 0.15) is 17.1 Å². The summed E-state index contributed by atoms with van der Waals surface area (Å²) in [6, 6.07) is 16.7. The third-order valence-corrected chi connectivity index (χ3v) is 5.04. The van der Waals surface area contributed by atoms with E-state index in [1.807, 2.05) is 18.2 Å². The van der Waals surface area contributed by atoms with Crippen LogP contribution in [-0.2, 0) is 0 Å². The molecule has 0 unspecified atom stereocenters. The first kappa shape index (κ1) is 21.9. The number of aromatic nitrogens is 3. The number of azo groups is 1. The number of nitrogens with zero attached hydrogens (tertiary/aromatic N) is 6. The summed E-state index contributed by atoms with van der Waals surface area (Å²) in [6.07, 6.45) is 0. The highest BCUT2D eigenvalue weighted by molar-refractivity contribution is 6.31. The highest BCUT2D eigenvalue weighted by Crippen LogP contribution is 2.38. The van der Waals surface area contributed by atoms with Crippen molar-refractivity contribution in [1.82, 2.24) is 19.4 Å². The molecule has 0 aliphatic heterocycles. The van der Waals surface area contributed by atoms with Crippen LogP contribution in [0.4, 0.5) is 28.7 Å². The smallest absolute Gasteiger partial charge is 0.232 e. The lowest BCUT2D eigenvalue weighted by molar-refractivity contribution is 0.477. The van der Waals surface area contributed by atoms with Gasteiger partial charge in [-0.1, -0.05) is 6.07 Å². The summed E-state index contributed by atoms with van der Waals surface area (Å²) < 4.78 is 0.647. The van der Waals surface area contributed by atoms with Gasteiger partial charge in [-0.2, -0.15) is 20.1 Å². The van der Waals surface area contributed by atoms with Gasteiger partial charge >= 0.3 is 0 Å². The summed E-state index contributed by atoms with van der Waals surface area (Å²) >= 11 is 11.6. The van der Waals surface area contributed by atoms with Crippen molar-refractivity contribution in [3.63, 3.8) is 0 Å². The zero-order valence-electron chi connectivity index (χ0n) is 17.6. The molecule has 0 saturated heterocycles. The first-order valence-electron chi connectivity index (χ1n) is 9.63. The maximum Gasteiger partial charge on any atom is 0.232 e. The number of quaternary nitrogens is 1. The lowest BCUT2D eigenvalue weighted by Gasteiger charge is -2.23. The third-order valence-electron chi connectivity index (χ3n) is 4.70. The Morgan fingerprint density at radius 2 is 1.50 bits per heavy atom. The van der Waals surface area contributed by atoms with Crippen molar-refractivity contribution < 1.29 is 5.11 Å². The Kier molecular flexibility index (Phi) is 5.92. The van der Waals surface area contributed by atoms with Gasteiger partial charge in [0.25, 0.3) is 0 Å². The van der Waals surface area contributed by atoms with E-state index in [9.17, 15) is 5.11 Å². The van der Waals surface area contributed by atoms with Crippen molar-refractivity contribution in [2.45, 2.75) is 0 Å². The number of rotatable bonds is 5. The van der Waals surface area contributed by atoms with Crippen LogP contribution in [0.15, 0.2) is 64.8 Å². The molecule has 10 heteroatoms. The highest BCUT2D eigenvalue weighted by Gasteiger charge is 2.15. The number of nitrogens with one attached hydrogen (secondary N) is 1. The topological polar surface area (TPSA) is 95.7 Å². The van der Waals surface area contributed by atoms with Gasteiger partial charge in [0.15, 0.2) is 0 Å². The molecule has 0 fully saturated rings. The summed E-state index contributed by atoms with van der Waals surface area (Å²) in [5, 5.41) is 23.9. The van der Waals surface area contributed by atoms with Gasteiger partial charge in [-0.3, -0.25) is 4.48 Å². The Morgan fingerprint density at radius 1 is 0.844 bits per heavy atom. The van der Waals surface area contributed by atoms with E-state index in [1.165, 1.54) is 0 Å². The Morgan fingerprint density at radius 3 is 2.16 bits per heavy atom. The summed E-state index contributed by atoms with van der Waals surface area (Å²) in [5.41, 5.74) is 2.84. The molecule has 0 amide bonds. The molecule has 0 aliphatic rings. The molecule has 1 heterocycles. The van der Waals surface area contributed by atoms with Crippen molar-refractivity contribution in [3.05, 3.63) is 65.2 Å². The van der Waals surface area contributed by atoms with Crippen LogP contribution in [0.1, 0.15) is 0 Å². The average Bonchev–Trinajstić information content (AvgIpc) is 2.72. The molecule has 4 rings (SSSR count).